The molecule has 0 N–H and O–H groups in total. The van der Waals surface area contributed by atoms with Gasteiger partial charge in [0.25, 0.3) is 5.91 Å². The molecule has 0 aromatic heterocycles. The van der Waals surface area contributed by atoms with E-state index in [2.05, 4.69) is 30.6 Å². The van der Waals surface area contributed by atoms with Gasteiger partial charge in [-0.3, -0.25) is 9.69 Å². The van der Waals surface area contributed by atoms with Gasteiger partial charge in [0.15, 0.2) is 0 Å². The topological polar surface area (TPSA) is 42.0 Å². The molecule has 172 valence electrons. The maximum absolute atomic E-state index is 13.0. The first-order chi connectivity index (χ1) is 14.2. The maximum atomic E-state index is 13.0. The van der Waals surface area contributed by atoms with Gasteiger partial charge < -0.3 is 14.4 Å². The monoisotopic (exact) mass is 448 g/mol. The van der Waals surface area contributed by atoms with Crippen LogP contribution in [0.3, 0.4) is 0 Å². The molecule has 1 amide bonds. The molecule has 1 aromatic carbocycles. The Kier molecular flexibility index (Phi) is 8.44. The molecule has 3 rings (SSSR count). The molecular formula is C25H37ClN2O3. The first-order valence-corrected chi connectivity index (χ1v) is 11.0. The Morgan fingerprint density at radius 1 is 1.26 bits per heavy atom. The van der Waals surface area contributed by atoms with Crippen LogP contribution in [-0.4, -0.2) is 59.3 Å². The highest BCUT2D eigenvalue weighted by Crippen LogP contribution is 2.38. The van der Waals surface area contributed by atoms with Crippen LogP contribution in [-0.2, 0) is 4.74 Å². The van der Waals surface area contributed by atoms with Crippen LogP contribution in [0.1, 0.15) is 69.8 Å². The summed E-state index contributed by atoms with van der Waals surface area (Å²) >= 11 is 0. The smallest absolute Gasteiger partial charge is 0.255 e. The molecule has 1 unspecified atom stereocenters. The molecule has 2 fully saturated rings. The average molecular weight is 449 g/mol. The second-order valence-electron chi connectivity index (χ2n) is 9.52. The van der Waals surface area contributed by atoms with Gasteiger partial charge in [-0.2, -0.15) is 0 Å². The lowest BCUT2D eigenvalue weighted by Crippen LogP contribution is -2.61. The van der Waals surface area contributed by atoms with Crippen molar-refractivity contribution >= 4 is 18.3 Å². The first-order valence-electron chi connectivity index (χ1n) is 11.0. The van der Waals surface area contributed by atoms with E-state index in [9.17, 15) is 4.79 Å². The average Bonchev–Trinajstić information content (AvgIpc) is 2.70. The van der Waals surface area contributed by atoms with Crippen LogP contribution in [0.4, 0.5) is 0 Å². The third-order valence-electron chi connectivity index (χ3n) is 6.41. The summed E-state index contributed by atoms with van der Waals surface area (Å²) in [6.07, 6.45) is 3.07. The van der Waals surface area contributed by atoms with Crippen LogP contribution in [0.15, 0.2) is 18.2 Å². The Labute approximate surface area is 193 Å². The zero-order chi connectivity index (χ0) is 21.9. The summed E-state index contributed by atoms with van der Waals surface area (Å²) < 4.78 is 12.2. The maximum Gasteiger partial charge on any atom is 0.255 e. The van der Waals surface area contributed by atoms with E-state index in [4.69, 9.17) is 9.47 Å². The lowest BCUT2D eigenvalue weighted by molar-refractivity contribution is -0.168. The van der Waals surface area contributed by atoms with Crippen molar-refractivity contribution in [3.8, 4) is 17.6 Å². The van der Waals surface area contributed by atoms with Crippen LogP contribution < -0.4 is 4.74 Å². The van der Waals surface area contributed by atoms with E-state index in [1.54, 1.807) is 0 Å². The Hall–Kier alpha value is -1.74. The predicted molar refractivity (Wildman–Crippen MR) is 127 cm³/mol. The number of piperidine rings is 1. The molecule has 2 aliphatic rings. The summed E-state index contributed by atoms with van der Waals surface area (Å²) in [5, 5.41) is 0. The van der Waals surface area contributed by atoms with Crippen molar-refractivity contribution < 1.29 is 14.3 Å². The Morgan fingerprint density at radius 2 is 2.00 bits per heavy atom. The molecule has 5 nitrogen and oxygen atoms in total. The van der Waals surface area contributed by atoms with Crippen LogP contribution >= 0.6 is 12.4 Å². The second kappa shape index (κ2) is 10.3. The predicted octanol–water partition coefficient (Wildman–Crippen LogP) is 4.66. The molecule has 0 aliphatic carbocycles. The lowest BCUT2D eigenvalue weighted by Gasteiger charge is -2.53. The number of nitrogens with zero attached hydrogens (tertiary/aromatic N) is 2. The highest BCUT2D eigenvalue weighted by molar-refractivity contribution is 5.94. The highest BCUT2D eigenvalue weighted by Gasteiger charge is 2.46. The molecule has 2 heterocycles. The Bertz CT molecular complexity index is 833. The summed E-state index contributed by atoms with van der Waals surface area (Å²) in [7, 11) is 0. The van der Waals surface area contributed by atoms with Crippen molar-refractivity contribution in [2.75, 3.05) is 26.4 Å². The van der Waals surface area contributed by atoms with Crippen molar-refractivity contribution in [2.45, 2.75) is 78.0 Å². The number of hydrogen-bond donors (Lipinski definition) is 0. The van der Waals surface area contributed by atoms with E-state index in [0.29, 0.717) is 12.3 Å². The molecule has 1 atom stereocenters. The van der Waals surface area contributed by atoms with E-state index in [0.717, 1.165) is 50.2 Å². The van der Waals surface area contributed by atoms with Gasteiger partial charge in [-0.05, 0) is 84.6 Å². The van der Waals surface area contributed by atoms with Crippen molar-refractivity contribution in [3.63, 3.8) is 0 Å². The SMILES string of the molecule is CC#CCN1CC2(CCN(C(=O)c3ccc(OC(C)C)c(C)c3)CO2)CCC1(C)C.Cl. The molecule has 0 radical (unpaired) electrons. The number of ether oxygens (including phenoxy) is 2. The number of aryl methyl sites for hydroxylation is 1. The minimum atomic E-state index is -0.174. The Balaban J connectivity index is 0.00000341. The molecular weight excluding hydrogens is 412 g/mol. The molecule has 0 bridgehead atoms. The lowest BCUT2D eigenvalue weighted by atomic mass is 9.79. The summed E-state index contributed by atoms with van der Waals surface area (Å²) in [6, 6.07) is 5.66. The fraction of sp³-hybridized carbons (Fsp3) is 0.640. The summed E-state index contributed by atoms with van der Waals surface area (Å²) in [5.41, 5.74) is 1.62. The zero-order valence-corrected chi connectivity index (χ0v) is 20.6. The van der Waals surface area contributed by atoms with Gasteiger partial charge in [0.1, 0.15) is 12.5 Å². The van der Waals surface area contributed by atoms with Crippen LogP contribution in [0.2, 0.25) is 0 Å². The molecule has 0 saturated carbocycles. The number of likely N-dealkylation sites (tertiary alicyclic amines) is 1. The molecule has 31 heavy (non-hydrogen) atoms. The minimum absolute atomic E-state index is 0. The molecule has 6 heteroatoms. The van der Waals surface area contributed by atoms with Crippen LogP contribution in [0.25, 0.3) is 0 Å². The van der Waals surface area contributed by atoms with Crippen molar-refractivity contribution in [2.24, 2.45) is 0 Å². The van der Waals surface area contributed by atoms with E-state index in [1.165, 1.54) is 0 Å². The van der Waals surface area contributed by atoms with E-state index in [1.807, 2.05) is 50.8 Å². The second-order valence-corrected chi connectivity index (χ2v) is 9.52. The van der Waals surface area contributed by atoms with Gasteiger partial charge in [-0.1, -0.05) is 5.92 Å². The van der Waals surface area contributed by atoms with E-state index >= 15 is 0 Å². The highest BCUT2D eigenvalue weighted by atomic mass is 35.5. The van der Waals surface area contributed by atoms with Crippen molar-refractivity contribution in [1.29, 1.82) is 0 Å². The molecule has 2 saturated heterocycles. The number of halogens is 1. The fourth-order valence-corrected chi connectivity index (χ4v) is 4.30. The molecule has 2 aliphatic heterocycles. The summed E-state index contributed by atoms with van der Waals surface area (Å²) in [5.74, 6) is 7.07. The number of amides is 1. The minimum Gasteiger partial charge on any atom is -0.491 e. The quantitative estimate of drug-likeness (QED) is 0.628. The van der Waals surface area contributed by atoms with Crippen LogP contribution in [0, 0.1) is 18.8 Å². The number of benzene rings is 1. The zero-order valence-electron chi connectivity index (χ0n) is 19.8. The van der Waals surface area contributed by atoms with Gasteiger partial charge in [-0.15, -0.1) is 18.3 Å². The Morgan fingerprint density at radius 3 is 2.58 bits per heavy atom. The number of carbonyl (C=O) groups excluding carboxylic acids is 1. The van der Waals surface area contributed by atoms with Gasteiger partial charge in [-0.25, -0.2) is 0 Å². The normalized spacial score (nSPS) is 23.1. The van der Waals surface area contributed by atoms with Gasteiger partial charge >= 0.3 is 0 Å². The standard InChI is InChI=1S/C25H36N2O3.ClH/c1-7-8-14-27-17-25(12-11-24(27,5)6)13-15-26(18-29-25)23(28)21-9-10-22(20(4)16-21)30-19(2)3;/h9-10,16,19H,11-15,17-18H2,1-6H3;1H. The van der Waals surface area contributed by atoms with Gasteiger partial charge in [0.05, 0.1) is 18.2 Å². The molecule has 1 spiro atoms. The first kappa shape index (κ1) is 25.5. The van der Waals surface area contributed by atoms with Crippen LogP contribution in [0.5, 0.6) is 5.75 Å². The van der Waals surface area contributed by atoms with Crippen molar-refractivity contribution in [3.05, 3.63) is 29.3 Å². The number of hydrogen-bond acceptors (Lipinski definition) is 4. The largest absolute Gasteiger partial charge is 0.491 e. The third kappa shape index (κ3) is 5.94. The fourth-order valence-electron chi connectivity index (χ4n) is 4.30. The van der Waals surface area contributed by atoms with Gasteiger partial charge in [0, 0.05) is 24.2 Å². The van der Waals surface area contributed by atoms with Crippen molar-refractivity contribution in [1.82, 2.24) is 9.80 Å². The van der Waals surface area contributed by atoms with Gasteiger partial charge in [0.2, 0.25) is 0 Å². The summed E-state index contributed by atoms with van der Waals surface area (Å²) in [4.78, 5) is 17.3. The third-order valence-corrected chi connectivity index (χ3v) is 6.41. The number of carbonyl (C=O) groups is 1. The summed E-state index contributed by atoms with van der Waals surface area (Å²) in [6.45, 7) is 15.1. The van der Waals surface area contributed by atoms with E-state index in [-0.39, 0.29) is 35.6 Å². The molecule has 1 aromatic rings. The van der Waals surface area contributed by atoms with E-state index < -0.39 is 0 Å². The number of rotatable bonds is 4.